The van der Waals surface area contributed by atoms with Gasteiger partial charge < -0.3 is 5.11 Å². The highest BCUT2D eigenvalue weighted by Crippen LogP contribution is 2.48. The van der Waals surface area contributed by atoms with Gasteiger partial charge in [0.05, 0.1) is 6.54 Å². The van der Waals surface area contributed by atoms with Gasteiger partial charge in [0.2, 0.25) is 0 Å². The summed E-state index contributed by atoms with van der Waals surface area (Å²) in [4.78, 5) is 3.82. The smallest absolute Gasteiger partial charge is 0.109 e. The molecule has 0 aromatic heterocycles. The molecule has 1 unspecified atom stereocenters. The van der Waals surface area contributed by atoms with Crippen molar-refractivity contribution in [3.63, 3.8) is 0 Å². The van der Waals surface area contributed by atoms with Gasteiger partial charge in [-0.2, -0.15) is 0 Å². The summed E-state index contributed by atoms with van der Waals surface area (Å²) >= 11 is 0. The monoisotopic (exact) mass is 223 g/mol. The first-order valence-corrected chi connectivity index (χ1v) is 5.40. The van der Waals surface area contributed by atoms with Crippen molar-refractivity contribution < 1.29 is 5.11 Å². The SMILES string of the molecule is C=C/N=C\N(N)CC1(O)C(=C)CCC1(C)C. The molecule has 0 radical (unpaired) electrons. The molecule has 4 nitrogen and oxygen atoms in total. The van der Waals surface area contributed by atoms with Crippen LogP contribution in [0.3, 0.4) is 0 Å². The van der Waals surface area contributed by atoms with Crippen LogP contribution in [0.1, 0.15) is 26.7 Å². The van der Waals surface area contributed by atoms with E-state index in [-0.39, 0.29) is 5.41 Å². The van der Waals surface area contributed by atoms with Crippen LogP contribution in [-0.2, 0) is 0 Å². The fourth-order valence-electron chi connectivity index (χ4n) is 2.12. The molecule has 1 atom stereocenters. The van der Waals surface area contributed by atoms with Crippen LogP contribution in [-0.4, -0.2) is 28.6 Å². The molecule has 0 saturated heterocycles. The van der Waals surface area contributed by atoms with Crippen LogP contribution in [0, 0.1) is 5.41 Å². The van der Waals surface area contributed by atoms with Gasteiger partial charge in [-0.25, -0.2) is 10.8 Å². The van der Waals surface area contributed by atoms with E-state index in [1.54, 1.807) is 0 Å². The average molecular weight is 223 g/mol. The van der Waals surface area contributed by atoms with E-state index in [1.165, 1.54) is 17.5 Å². The summed E-state index contributed by atoms with van der Waals surface area (Å²) in [5.41, 5.74) is -0.307. The molecule has 1 aliphatic rings. The van der Waals surface area contributed by atoms with Crippen molar-refractivity contribution >= 4 is 6.34 Å². The zero-order valence-electron chi connectivity index (χ0n) is 10.1. The molecule has 0 spiro atoms. The third-order valence-corrected chi connectivity index (χ3v) is 3.49. The average Bonchev–Trinajstić information content (AvgIpc) is 2.39. The molecule has 0 amide bonds. The van der Waals surface area contributed by atoms with Gasteiger partial charge in [-0.05, 0) is 23.8 Å². The predicted molar refractivity (Wildman–Crippen MR) is 66.7 cm³/mol. The summed E-state index contributed by atoms with van der Waals surface area (Å²) in [6, 6.07) is 0. The van der Waals surface area contributed by atoms with E-state index in [2.05, 4.69) is 18.2 Å². The first-order valence-electron chi connectivity index (χ1n) is 5.40. The zero-order chi connectivity index (χ0) is 12.4. The molecule has 0 aromatic rings. The van der Waals surface area contributed by atoms with E-state index in [4.69, 9.17) is 5.84 Å². The van der Waals surface area contributed by atoms with Crippen LogP contribution < -0.4 is 5.84 Å². The van der Waals surface area contributed by atoms with E-state index in [0.29, 0.717) is 6.54 Å². The minimum Gasteiger partial charge on any atom is -0.383 e. The third kappa shape index (κ3) is 2.18. The molecular weight excluding hydrogens is 202 g/mol. The van der Waals surface area contributed by atoms with Gasteiger partial charge in [0.25, 0.3) is 0 Å². The lowest BCUT2D eigenvalue weighted by molar-refractivity contribution is -0.0276. The summed E-state index contributed by atoms with van der Waals surface area (Å²) in [5.74, 6) is 5.74. The fourth-order valence-corrected chi connectivity index (χ4v) is 2.12. The highest BCUT2D eigenvalue weighted by atomic mass is 16.3. The molecule has 0 bridgehead atoms. The Morgan fingerprint density at radius 3 is 2.69 bits per heavy atom. The molecule has 16 heavy (non-hydrogen) atoms. The van der Waals surface area contributed by atoms with E-state index in [1.807, 2.05) is 13.8 Å². The Labute approximate surface area is 97.1 Å². The molecule has 1 aliphatic carbocycles. The van der Waals surface area contributed by atoms with Gasteiger partial charge in [-0.1, -0.05) is 27.0 Å². The molecule has 3 N–H and O–H groups in total. The number of hydrogen-bond donors (Lipinski definition) is 2. The number of aliphatic hydroxyl groups is 1. The Balaban J connectivity index is 2.80. The molecular formula is C12H21N3O. The van der Waals surface area contributed by atoms with Crippen molar-refractivity contribution in [1.29, 1.82) is 0 Å². The van der Waals surface area contributed by atoms with Gasteiger partial charge in [-0.15, -0.1) is 0 Å². The van der Waals surface area contributed by atoms with Crippen molar-refractivity contribution in [3.05, 3.63) is 24.9 Å². The van der Waals surface area contributed by atoms with Crippen LogP contribution in [0.25, 0.3) is 0 Å². The lowest BCUT2D eigenvalue weighted by atomic mass is 9.76. The van der Waals surface area contributed by atoms with Crippen LogP contribution in [0.15, 0.2) is 29.9 Å². The summed E-state index contributed by atoms with van der Waals surface area (Å²) in [6.45, 7) is 11.8. The number of hydrazine groups is 1. The van der Waals surface area contributed by atoms with Crippen molar-refractivity contribution in [2.24, 2.45) is 16.3 Å². The zero-order valence-corrected chi connectivity index (χ0v) is 10.1. The van der Waals surface area contributed by atoms with Crippen LogP contribution in [0.2, 0.25) is 0 Å². The first kappa shape index (κ1) is 12.9. The number of hydrogen-bond acceptors (Lipinski definition) is 3. The van der Waals surface area contributed by atoms with Crippen LogP contribution >= 0.6 is 0 Å². The first-order chi connectivity index (χ1) is 7.33. The highest BCUT2D eigenvalue weighted by molar-refractivity contribution is 5.55. The number of nitrogens with two attached hydrogens (primary N) is 1. The summed E-state index contributed by atoms with van der Waals surface area (Å²) in [6.07, 6.45) is 4.62. The summed E-state index contributed by atoms with van der Waals surface area (Å²) in [5, 5.41) is 12.0. The summed E-state index contributed by atoms with van der Waals surface area (Å²) < 4.78 is 0. The van der Waals surface area contributed by atoms with Crippen molar-refractivity contribution in [2.75, 3.05) is 6.54 Å². The van der Waals surface area contributed by atoms with Crippen molar-refractivity contribution in [2.45, 2.75) is 32.3 Å². The lowest BCUT2D eigenvalue weighted by Gasteiger charge is -2.39. The van der Waals surface area contributed by atoms with Gasteiger partial charge in [-0.3, -0.25) is 5.01 Å². The maximum atomic E-state index is 10.6. The second kappa shape index (κ2) is 4.39. The highest BCUT2D eigenvalue weighted by Gasteiger charge is 2.50. The fraction of sp³-hybridized carbons (Fsp3) is 0.583. The Hall–Kier alpha value is -1.13. The van der Waals surface area contributed by atoms with Gasteiger partial charge >= 0.3 is 0 Å². The molecule has 90 valence electrons. The van der Waals surface area contributed by atoms with E-state index < -0.39 is 5.60 Å². The minimum absolute atomic E-state index is 0.205. The van der Waals surface area contributed by atoms with Crippen LogP contribution in [0.5, 0.6) is 0 Å². The minimum atomic E-state index is -0.949. The number of aliphatic imine (C=N–C) groups is 1. The normalized spacial score (nSPS) is 28.6. The van der Waals surface area contributed by atoms with Crippen molar-refractivity contribution in [3.8, 4) is 0 Å². The second-order valence-electron chi connectivity index (χ2n) is 4.97. The number of rotatable bonds is 4. The Morgan fingerprint density at radius 1 is 1.62 bits per heavy atom. The molecule has 0 aliphatic heterocycles. The van der Waals surface area contributed by atoms with E-state index in [0.717, 1.165) is 18.4 Å². The molecule has 4 heteroatoms. The second-order valence-corrected chi connectivity index (χ2v) is 4.97. The van der Waals surface area contributed by atoms with E-state index >= 15 is 0 Å². The molecule has 1 fully saturated rings. The molecule has 0 aromatic carbocycles. The Kier molecular flexibility index (Phi) is 3.55. The van der Waals surface area contributed by atoms with Crippen LogP contribution in [0.4, 0.5) is 0 Å². The Morgan fingerprint density at radius 2 is 2.25 bits per heavy atom. The Bertz CT molecular complexity index is 322. The summed E-state index contributed by atoms with van der Waals surface area (Å²) in [7, 11) is 0. The maximum Gasteiger partial charge on any atom is 0.109 e. The molecule has 1 saturated carbocycles. The predicted octanol–water partition coefficient (Wildman–Crippen LogP) is 1.44. The lowest BCUT2D eigenvalue weighted by Crippen LogP contribution is -2.52. The largest absolute Gasteiger partial charge is 0.383 e. The van der Waals surface area contributed by atoms with E-state index in [9.17, 15) is 5.11 Å². The molecule has 0 heterocycles. The quantitative estimate of drug-likeness (QED) is 0.249. The third-order valence-electron chi connectivity index (χ3n) is 3.49. The van der Waals surface area contributed by atoms with Crippen molar-refractivity contribution in [1.82, 2.24) is 5.01 Å². The van der Waals surface area contributed by atoms with Gasteiger partial charge in [0.1, 0.15) is 11.9 Å². The van der Waals surface area contributed by atoms with Gasteiger partial charge in [0, 0.05) is 6.20 Å². The maximum absolute atomic E-state index is 10.6. The standard InChI is InChI=1S/C12H21N3O/c1-5-14-9-15(13)8-12(16)10(2)6-7-11(12,3)4/h5,9,16H,1-2,6-8,13H2,3-4H3/b14-9-. The molecule has 1 rings (SSSR count). The number of nitrogens with zero attached hydrogens (tertiary/aromatic N) is 2. The van der Waals surface area contributed by atoms with Gasteiger partial charge in [0.15, 0.2) is 0 Å². The topological polar surface area (TPSA) is 61.8 Å².